The molecule has 16 heavy (non-hydrogen) atoms. The van der Waals surface area contributed by atoms with Gasteiger partial charge in [0, 0.05) is 17.0 Å². The lowest BCUT2D eigenvalue weighted by atomic mass is 10.0. The first-order valence-corrected chi connectivity index (χ1v) is 5.63. The van der Waals surface area contributed by atoms with E-state index in [0.717, 1.165) is 28.4 Å². The molecule has 0 spiro atoms. The molecule has 3 rings (SSSR count). The van der Waals surface area contributed by atoms with Crippen LogP contribution in [0.2, 0.25) is 5.02 Å². The zero-order chi connectivity index (χ0) is 11.0. The Hall–Kier alpha value is -1.60. The van der Waals surface area contributed by atoms with Crippen LogP contribution in [0.4, 0.5) is 5.69 Å². The number of fused-ring (bicyclic) bond motifs is 1. The van der Waals surface area contributed by atoms with E-state index >= 15 is 0 Å². The summed E-state index contributed by atoms with van der Waals surface area (Å²) in [5.74, 6) is 0. The standard InChI is InChI=1S/C14H10ClN/c15-12-7-3-2-6-11(12)14-9-10-5-1-4-8-13(10)16-14/h1-8H,9H2. The van der Waals surface area contributed by atoms with Gasteiger partial charge in [0.15, 0.2) is 0 Å². The van der Waals surface area contributed by atoms with Crippen LogP contribution in [0.5, 0.6) is 0 Å². The van der Waals surface area contributed by atoms with Crippen molar-refractivity contribution in [2.24, 2.45) is 4.99 Å². The molecule has 0 radical (unpaired) electrons. The number of rotatable bonds is 1. The van der Waals surface area contributed by atoms with Gasteiger partial charge in [0.25, 0.3) is 0 Å². The molecule has 0 aromatic heterocycles. The van der Waals surface area contributed by atoms with Crippen molar-refractivity contribution in [2.75, 3.05) is 0 Å². The third-order valence-corrected chi connectivity index (χ3v) is 3.12. The number of hydrogen-bond donors (Lipinski definition) is 0. The summed E-state index contributed by atoms with van der Waals surface area (Å²) in [5, 5.41) is 0.772. The highest BCUT2D eigenvalue weighted by Crippen LogP contribution is 2.30. The molecular weight excluding hydrogens is 218 g/mol. The Kier molecular flexibility index (Phi) is 2.26. The molecule has 0 saturated carbocycles. The van der Waals surface area contributed by atoms with E-state index in [1.807, 2.05) is 42.5 Å². The number of aliphatic imine (C=N–C) groups is 1. The highest BCUT2D eigenvalue weighted by atomic mass is 35.5. The van der Waals surface area contributed by atoms with Crippen LogP contribution in [-0.2, 0) is 6.42 Å². The molecule has 0 aliphatic carbocycles. The van der Waals surface area contributed by atoms with Gasteiger partial charge in [-0.1, -0.05) is 48.0 Å². The number of nitrogens with zero attached hydrogens (tertiary/aromatic N) is 1. The normalized spacial score (nSPS) is 13.4. The monoisotopic (exact) mass is 227 g/mol. The van der Waals surface area contributed by atoms with Gasteiger partial charge < -0.3 is 0 Å². The molecule has 2 heteroatoms. The first kappa shape index (κ1) is 9.61. The number of benzene rings is 2. The molecule has 0 bridgehead atoms. The molecule has 0 unspecified atom stereocenters. The molecule has 78 valence electrons. The Morgan fingerprint density at radius 1 is 0.938 bits per heavy atom. The van der Waals surface area contributed by atoms with Crippen molar-refractivity contribution in [1.82, 2.24) is 0 Å². The largest absolute Gasteiger partial charge is 0.252 e. The van der Waals surface area contributed by atoms with Crippen molar-refractivity contribution in [3.05, 3.63) is 64.7 Å². The van der Waals surface area contributed by atoms with Crippen LogP contribution in [0.3, 0.4) is 0 Å². The summed E-state index contributed by atoms with van der Waals surface area (Å²) < 4.78 is 0. The molecular formula is C14H10ClN. The molecule has 1 heterocycles. The second-order valence-electron chi connectivity index (χ2n) is 3.84. The van der Waals surface area contributed by atoms with E-state index in [9.17, 15) is 0 Å². The van der Waals surface area contributed by atoms with Crippen LogP contribution in [0.15, 0.2) is 53.5 Å². The van der Waals surface area contributed by atoms with Crippen LogP contribution < -0.4 is 0 Å². The third-order valence-electron chi connectivity index (χ3n) is 2.79. The van der Waals surface area contributed by atoms with Crippen LogP contribution in [-0.4, -0.2) is 5.71 Å². The topological polar surface area (TPSA) is 12.4 Å². The number of para-hydroxylation sites is 1. The summed E-state index contributed by atoms with van der Waals surface area (Å²) in [7, 11) is 0. The fraction of sp³-hybridized carbons (Fsp3) is 0.0714. The highest BCUT2D eigenvalue weighted by Gasteiger charge is 2.16. The van der Waals surface area contributed by atoms with Crippen molar-refractivity contribution in [3.63, 3.8) is 0 Å². The van der Waals surface area contributed by atoms with Crippen molar-refractivity contribution in [3.8, 4) is 0 Å². The average molecular weight is 228 g/mol. The third kappa shape index (κ3) is 1.54. The molecule has 2 aromatic rings. The van der Waals surface area contributed by atoms with Crippen molar-refractivity contribution in [1.29, 1.82) is 0 Å². The van der Waals surface area contributed by atoms with Crippen molar-refractivity contribution >= 4 is 23.0 Å². The van der Waals surface area contributed by atoms with Gasteiger partial charge in [-0.05, 0) is 17.7 Å². The quantitative estimate of drug-likeness (QED) is 0.698. The second kappa shape index (κ2) is 3.76. The van der Waals surface area contributed by atoms with Gasteiger partial charge in [0.05, 0.1) is 11.4 Å². The summed E-state index contributed by atoms with van der Waals surface area (Å²) >= 11 is 6.17. The maximum absolute atomic E-state index is 6.17. The molecule has 0 amide bonds. The fourth-order valence-electron chi connectivity index (χ4n) is 1.99. The van der Waals surface area contributed by atoms with E-state index in [1.54, 1.807) is 0 Å². The van der Waals surface area contributed by atoms with Crippen LogP contribution in [0.1, 0.15) is 11.1 Å². The molecule has 0 saturated heterocycles. The lowest BCUT2D eigenvalue weighted by Crippen LogP contribution is -2.00. The molecule has 1 nitrogen and oxygen atoms in total. The fourth-order valence-corrected chi connectivity index (χ4v) is 2.23. The van der Waals surface area contributed by atoms with Crippen LogP contribution in [0.25, 0.3) is 0 Å². The van der Waals surface area contributed by atoms with E-state index in [1.165, 1.54) is 5.56 Å². The smallest absolute Gasteiger partial charge is 0.0669 e. The van der Waals surface area contributed by atoms with Crippen LogP contribution >= 0.6 is 11.6 Å². The molecule has 2 aromatic carbocycles. The lowest BCUT2D eigenvalue weighted by Gasteiger charge is -2.02. The zero-order valence-corrected chi connectivity index (χ0v) is 9.41. The van der Waals surface area contributed by atoms with E-state index in [0.29, 0.717) is 0 Å². The van der Waals surface area contributed by atoms with Crippen molar-refractivity contribution in [2.45, 2.75) is 6.42 Å². The Bertz CT molecular complexity index is 572. The van der Waals surface area contributed by atoms with Gasteiger partial charge in [-0.2, -0.15) is 0 Å². The first-order valence-electron chi connectivity index (χ1n) is 5.25. The zero-order valence-electron chi connectivity index (χ0n) is 8.65. The average Bonchev–Trinajstić information content (AvgIpc) is 2.73. The second-order valence-corrected chi connectivity index (χ2v) is 4.25. The van der Waals surface area contributed by atoms with Gasteiger partial charge in [-0.15, -0.1) is 0 Å². The molecule has 1 aliphatic rings. The minimum absolute atomic E-state index is 0.772. The molecule has 1 aliphatic heterocycles. The summed E-state index contributed by atoms with van der Waals surface area (Å²) in [4.78, 5) is 4.61. The number of halogens is 1. The Morgan fingerprint density at radius 3 is 2.50 bits per heavy atom. The summed E-state index contributed by atoms with van der Waals surface area (Å²) in [6.07, 6.45) is 0.875. The Labute approximate surface area is 99.4 Å². The van der Waals surface area contributed by atoms with E-state index in [4.69, 9.17) is 11.6 Å². The highest BCUT2D eigenvalue weighted by molar-refractivity contribution is 6.34. The van der Waals surface area contributed by atoms with E-state index in [2.05, 4.69) is 11.1 Å². The summed E-state index contributed by atoms with van der Waals surface area (Å²) in [6, 6.07) is 16.1. The predicted molar refractivity (Wildman–Crippen MR) is 67.8 cm³/mol. The summed E-state index contributed by atoms with van der Waals surface area (Å²) in [6.45, 7) is 0. The van der Waals surface area contributed by atoms with E-state index in [-0.39, 0.29) is 0 Å². The van der Waals surface area contributed by atoms with Gasteiger partial charge in [0.1, 0.15) is 0 Å². The van der Waals surface area contributed by atoms with Crippen molar-refractivity contribution < 1.29 is 0 Å². The first-order chi connectivity index (χ1) is 7.84. The van der Waals surface area contributed by atoms with Crippen LogP contribution in [0, 0.1) is 0 Å². The maximum atomic E-state index is 6.17. The molecule has 0 atom stereocenters. The Balaban J connectivity index is 2.05. The van der Waals surface area contributed by atoms with Gasteiger partial charge in [-0.3, -0.25) is 4.99 Å². The number of hydrogen-bond acceptors (Lipinski definition) is 1. The van der Waals surface area contributed by atoms with Gasteiger partial charge in [0.2, 0.25) is 0 Å². The van der Waals surface area contributed by atoms with Gasteiger partial charge in [-0.25, -0.2) is 0 Å². The predicted octanol–water partition coefficient (Wildman–Crippen LogP) is 4.02. The Morgan fingerprint density at radius 2 is 1.69 bits per heavy atom. The van der Waals surface area contributed by atoms with E-state index < -0.39 is 0 Å². The maximum Gasteiger partial charge on any atom is 0.0669 e. The molecule has 0 fully saturated rings. The minimum atomic E-state index is 0.772. The van der Waals surface area contributed by atoms with Gasteiger partial charge >= 0.3 is 0 Å². The molecule has 0 N–H and O–H groups in total. The minimum Gasteiger partial charge on any atom is -0.252 e. The summed E-state index contributed by atoms with van der Waals surface area (Å²) in [5.41, 5.74) is 4.45. The SMILES string of the molecule is Clc1ccccc1C1=Nc2ccccc2C1. The lowest BCUT2D eigenvalue weighted by molar-refractivity contribution is 1.39.